The Morgan fingerprint density at radius 1 is 1.29 bits per heavy atom. The Morgan fingerprint density at radius 2 is 2.08 bits per heavy atom. The van der Waals surface area contributed by atoms with E-state index in [2.05, 4.69) is 10.2 Å². The Hall–Kier alpha value is -2.41. The molecule has 0 radical (unpaired) electrons. The SMILES string of the molecule is Cc1ccccc1-n1nc(C(=O)O)c(N2CCCCC2CCO)n1. The summed E-state index contributed by atoms with van der Waals surface area (Å²) < 4.78 is 0. The first-order chi connectivity index (χ1) is 11.6. The van der Waals surface area contributed by atoms with Crippen LogP contribution in [-0.2, 0) is 0 Å². The normalized spacial score (nSPS) is 17.9. The van der Waals surface area contributed by atoms with E-state index in [-0.39, 0.29) is 18.3 Å². The quantitative estimate of drug-likeness (QED) is 0.871. The van der Waals surface area contributed by atoms with Crippen molar-refractivity contribution in [3.8, 4) is 5.69 Å². The number of hydrogen-bond donors (Lipinski definition) is 2. The lowest BCUT2D eigenvalue weighted by Gasteiger charge is -2.35. The van der Waals surface area contributed by atoms with Crippen LogP contribution in [-0.4, -0.2) is 50.4 Å². The lowest BCUT2D eigenvalue weighted by Crippen LogP contribution is -2.41. The second-order valence-electron chi connectivity index (χ2n) is 6.11. The largest absolute Gasteiger partial charge is 0.476 e. The number of para-hydroxylation sites is 1. The van der Waals surface area contributed by atoms with Gasteiger partial charge in [0.2, 0.25) is 5.69 Å². The molecule has 1 aromatic carbocycles. The van der Waals surface area contributed by atoms with Gasteiger partial charge in [0.25, 0.3) is 0 Å². The maximum atomic E-state index is 11.7. The fourth-order valence-corrected chi connectivity index (χ4v) is 3.25. The highest BCUT2D eigenvalue weighted by Crippen LogP contribution is 2.28. The molecule has 0 spiro atoms. The van der Waals surface area contributed by atoms with E-state index >= 15 is 0 Å². The van der Waals surface area contributed by atoms with E-state index in [1.54, 1.807) is 0 Å². The number of aryl methyl sites for hydroxylation is 1. The standard InChI is InChI=1S/C17H22N4O3/c1-12-6-2-3-8-14(12)21-18-15(17(23)24)16(19-21)20-10-5-4-7-13(20)9-11-22/h2-3,6,8,13,22H,4-5,7,9-11H2,1H3,(H,23,24). The van der Waals surface area contributed by atoms with E-state index in [9.17, 15) is 15.0 Å². The molecule has 3 rings (SSSR count). The molecule has 0 bridgehead atoms. The van der Waals surface area contributed by atoms with Gasteiger partial charge >= 0.3 is 5.97 Å². The highest BCUT2D eigenvalue weighted by atomic mass is 16.4. The van der Waals surface area contributed by atoms with Crippen LogP contribution in [0, 0.1) is 6.92 Å². The number of aromatic nitrogens is 3. The third-order valence-electron chi connectivity index (χ3n) is 4.49. The zero-order valence-corrected chi connectivity index (χ0v) is 13.7. The predicted octanol–water partition coefficient (Wildman–Crippen LogP) is 2.02. The molecular weight excluding hydrogens is 308 g/mol. The number of aliphatic hydroxyl groups excluding tert-OH is 1. The van der Waals surface area contributed by atoms with Gasteiger partial charge in [0.15, 0.2) is 5.82 Å². The van der Waals surface area contributed by atoms with Crippen LogP contribution in [0.2, 0.25) is 0 Å². The van der Waals surface area contributed by atoms with Gasteiger partial charge in [-0.05, 0) is 44.2 Å². The van der Waals surface area contributed by atoms with Gasteiger partial charge < -0.3 is 15.1 Å². The number of aliphatic hydroxyl groups is 1. The van der Waals surface area contributed by atoms with Crippen molar-refractivity contribution in [2.24, 2.45) is 0 Å². The first kappa shape index (κ1) is 16.4. The summed E-state index contributed by atoms with van der Waals surface area (Å²) in [7, 11) is 0. The average molecular weight is 330 g/mol. The van der Waals surface area contributed by atoms with Gasteiger partial charge in [-0.2, -0.15) is 0 Å². The molecule has 2 N–H and O–H groups in total. The van der Waals surface area contributed by atoms with Crippen LogP contribution in [0.25, 0.3) is 5.69 Å². The summed E-state index contributed by atoms with van der Waals surface area (Å²) in [5, 5.41) is 27.5. The minimum Gasteiger partial charge on any atom is -0.476 e. The van der Waals surface area contributed by atoms with Gasteiger partial charge in [0.05, 0.1) is 5.69 Å². The minimum atomic E-state index is -1.09. The number of piperidine rings is 1. The molecule has 0 saturated carbocycles. The van der Waals surface area contributed by atoms with E-state index < -0.39 is 5.97 Å². The molecule has 1 aliphatic rings. The lowest BCUT2D eigenvalue weighted by atomic mass is 9.99. The number of nitrogens with zero attached hydrogens (tertiary/aromatic N) is 4. The average Bonchev–Trinajstić information content (AvgIpc) is 3.01. The first-order valence-electron chi connectivity index (χ1n) is 8.26. The van der Waals surface area contributed by atoms with Crippen molar-refractivity contribution >= 4 is 11.8 Å². The monoisotopic (exact) mass is 330 g/mol. The zero-order valence-electron chi connectivity index (χ0n) is 13.7. The molecule has 7 heteroatoms. The van der Waals surface area contributed by atoms with Crippen molar-refractivity contribution in [1.82, 2.24) is 15.0 Å². The topological polar surface area (TPSA) is 91.5 Å². The van der Waals surface area contributed by atoms with Crippen LogP contribution in [0.15, 0.2) is 24.3 Å². The molecule has 2 heterocycles. The van der Waals surface area contributed by atoms with Crippen molar-refractivity contribution in [2.45, 2.75) is 38.6 Å². The Balaban J connectivity index is 2.03. The lowest BCUT2D eigenvalue weighted by molar-refractivity contribution is 0.0690. The van der Waals surface area contributed by atoms with Gasteiger partial charge in [-0.25, -0.2) is 4.79 Å². The molecule has 1 atom stereocenters. The molecular formula is C17H22N4O3. The Kier molecular flexibility index (Phi) is 4.80. The highest BCUT2D eigenvalue weighted by Gasteiger charge is 2.30. The van der Waals surface area contributed by atoms with Gasteiger partial charge in [-0.3, -0.25) is 0 Å². The third kappa shape index (κ3) is 3.12. The number of benzene rings is 1. The van der Waals surface area contributed by atoms with Crippen molar-refractivity contribution in [1.29, 1.82) is 0 Å². The van der Waals surface area contributed by atoms with E-state index in [0.29, 0.717) is 12.2 Å². The third-order valence-corrected chi connectivity index (χ3v) is 4.49. The molecule has 1 unspecified atom stereocenters. The summed E-state index contributed by atoms with van der Waals surface area (Å²) in [4.78, 5) is 15.1. The molecule has 128 valence electrons. The Labute approximate surface area is 140 Å². The van der Waals surface area contributed by atoms with Crippen LogP contribution < -0.4 is 4.90 Å². The fraction of sp³-hybridized carbons (Fsp3) is 0.471. The summed E-state index contributed by atoms with van der Waals surface area (Å²) >= 11 is 0. The number of carboxylic acids is 1. The minimum absolute atomic E-state index is 0.0388. The maximum absolute atomic E-state index is 11.7. The number of anilines is 1. The van der Waals surface area contributed by atoms with Gasteiger partial charge in [0, 0.05) is 19.2 Å². The van der Waals surface area contributed by atoms with Crippen molar-refractivity contribution in [2.75, 3.05) is 18.1 Å². The summed E-state index contributed by atoms with van der Waals surface area (Å²) in [5.41, 5.74) is 1.70. The fourth-order valence-electron chi connectivity index (χ4n) is 3.25. The molecule has 24 heavy (non-hydrogen) atoms. The van der Waals surface area contributed by atoms with Crippen molar-refractivity contribution in [3.63, 3.8) is 0 Å². The number of carbonyl (C=O) groups is 1. The summed E-state index contributed by atoms with van der Waals surface area (Å²) in [6.07, 6.45) is 3.60. The second-order valence-corrected chi connectivity index (χ2v) is 6.11. The van der Waals surface area contributed by atoms with E-state index in [1.165, 1.54) is 4.80 Å². The molecule has 1 saturated heterocycles. The molecule has 7 nitrogen and oxygen atoms in total. The van der Waals surface area contributed by atoms with Crippen molar-refractivity contribution < 1.29 is 15.0 Å². The second kappa shape index (κ2) is 7.00. The van der Waals surface area contributed by atoms with Crippen molar-refractivity contribution in [3.05, 3.63) is 35.5 Å². The molecule has 0 aliphatic carbocycles. The van der Waals surface area contributed by atoms with Gasteiger partial charge in [-0.1, -0.05) is 18.2 Å². The zero-order chi connectivity index (χ0) is 17.1. The predicted molar refractivity (Wildman–Crippen MR) is 89.7 cm³/mol. The molecule has 1 fully saturated rings. The van der Waals surface area contributed by atoms with Crippen LogP contribution in [0.1, 0.15) is 41.7 Å². The van der Waals surface area contributed by atoms with Crippen LogP contribution in [0.4, 0.5) is 5.82 Å². The number of aromatic carboxylic acids is 1. The number of carboxylic acid groups (broad SMARTS) is 1. The Bertz CT molecular complexity index is 726. The van der Waals surface area contributed by atoms with Crippen LogP contribution in [0.3, 0.4) is 0 Å². The van der Waals surface area contributed by atoms with E-state index in [0.717, 1.165) is 37.1 Å². The molecule has 0 amide bonds. The Morgan fingerprint density at radius 3 is 2.79 bits per heavy atom. The number of rotatable bonds is 5. The van der Waals surface area contributed by atoms with E-state index in [4.69, 9.17) is 0 Å². The van der Waals surface area contributed by atoms with Crippen LogP contribution >= 0.6 is 0 Å². The summed E-state index contributed by atoms with van der Waals surface area (Å²) in [5.74, 6) is -0.693. The number of hydrogen-bond acceptors (Lipinski definition) is 5. The molecule has 1 aromatic heterocycles. The van der Waals surface area contributed by atoms with Gasteiger partial charge in [0.1, 0.15) is 0 Å². The first-order valence-corrected chi connectivity index (χ1v) is 8.26. The molecule has 2 aromatic rings. The smallest absolute Gasteiger partial charge is 0.360 e. The summed E-state index contributed by atoms with van der Waals surface area (Å²) in [6, 6.07) is 7.70. The highest BCUT2D eigenvalue weighted by molar-refractivity contribution is 5.91. The molecule has 1 aliphatic heterocycles. The maximum Gasteiger partial charge on any atom is 0.360 e. The summed E-state index contributed by atoms with van der Waals surface area (Å²) in [6.45, 7) is 2.75. The van der Waals surface area contributed by atoms with Gasteiger partial charge in [-0.15, -0.1) is 15.0 Å². The van der Waals surface area contributed by atoms with Crippen LogP contribution in [0.5, 0.6) is 0 Å². The van der Waals surface area contributed by atoms with E-state index in [1.807, 2.05) is 36.1 Å².